The van der Waals surface area contributed by atoms with Crippen LogP contribution in [0.5, 0.6) is 0 Å². The minimum atomic E-state index is 0.691. The van der Waals surface area contributed by atoms with Gasteiger partial charge in [-0.2, -0.15) is 5.26 Å². The molecular formula is C44H29N3. The standard InChI is InChI=1S/C44H29N3/c1-29-42(31-12-4-2-5-13-31)46-44(33-14-6-3-7-15-33)47-43(29)32-22-20-30(21-23-32)36-26-27-41(39-19-11-10-18-38(36)39)40-25-24-34(28-45)35-16-8-9-17-37(35)40/h2-27H,1H3. The van der Waals surface area contributed by atoms with E-state index in [1.807, 2.05) is 60.7 Å². The van der Waals surface area contributed by atoms with Crippen molar-refractivity contribution in [3.63, 3.8) is 0 Å². The third-order valence-electron chi connectivity index (χ3n) is 8.95. The maximum Gasteiger partial charge on any atom is 0.160 e. The highest BCUT2D eigenvalue weighted by molar-refractivity contribution is 6.10. The molecule has 0 bridgehead atoms. The molecule has 0 aliphatic carbocycles. The van der Waals surface area contributed by atoms with Gasteiger partial charge in [-0.15, -0.1) is 0 Å². The van der Waals surface area contributed by atoms with E-state index < -0.39 is 0 Å². The molecule has 0 aliphatic rings. The normalized spacial score (nSPS) is 11.1. The summed E-state index contributed by atoms with van der Waals surface area (Å²) in [4.78, 5) is 10.1. The molecule has 1 aromatic heterocycles. The molecule has 1 heterocycles. The van der Waals surface area contributed by atoms with Crippen molar-refractivity contribution in [3.05, 3.63) is 169 Å². The molecule has 0 unspecified atom stereocenters. The second kappa shape index (κ2) is 11.9. The van der Waals surface area contributed by atoms with Gasteiger partial charge in [0.25, 0.3) is 0 Å². The van der Waals surface area contributed by atoms with E-state index in [-0.39, 0.29) is 0 Å². The summed E-state index contributed by atoms with van der Waals surface area (Å²) >= 11 is 0. The minimum Gasteiger partial charge on any atom is -0.228 e. The molecule has 47 heavy (non-hydrogen) atoms. The van der Waals surface area contributed by atoms with Crippen LogP contribution in [0.1, 0.15) is 11.1 Å². The lowest BCUT2D eigenvalue weighted by Gasteiger charge is -2.16. The quantitative estimate of drug-likeness (QED) is 0.198. The summed E-state index contributed by atoms with van der Waals surface area (Å²) in [5, 5.41) is 14.1. The molecule has 0 saturated carbocycles. The van der Waals surface area contributed by atoms with E-state index in [0.29, 0.717) is 11.4 Å². The highest BCUT2D eigenvalue weighted by Crippen LogP contribution is 2.40. The fourth-order valence-electron chi connectivity index (χ4n) is 6.62. The first kappa shape index (κ1) is 28.1. The summed E-state index contributed by atoms with van der Waals surface area (Å²) in [5.41, 5.74) is 11.3. The molecule has 220 valence electrons. The fourth-order valence-corrected chi connectivity index (χ4v) is 6.62. The van der Waals surface area contributed by atoms with Crippen molar-refractivity contribution in [3.8, 4) is 62.2 Å². The maximum absolute atomic E-state index is 9.71. The summed E-state index contributed by atoms with van der Waals surface area (Å²) in [7, 11) is 0. The van der Waals surface area contributed by atoms with Crippen LogP contribution in [0.4, 0.5) is 0 Å². The largest absolute Gasteiger partial charge is 0.228 e. The van der Waals surface area contributed by atoms with E-state index in [2.05, 4.69) is 110 Å². The highest BCUT2D eigenvalue weighted by atomic mass is 14.9. The Labute approximate surface area is 274 Å². The molecule has 0 amide bonds. The first-order valence-corrected chi connectivity index (χ1v) is 15.7. The van der Waals surface area contributed by atoms with E-state index in [4.69, 9.17) is 9.97 Å². The van der Waals surface area contributed by atoms with Crippen LogP contribution in [-0.4, -0.2) is 9.97 Å². The van der Waals surface area contributed by atoms with Gasteiger partial charge in [-0.1, -0.05) is 152 Å². The number of nitriles is 1. The van der Waals surface area contributed by atoms with Crippen LogP contribution in [0.25, 0.3) is 77.7 Å². The Balaban J connectivity index is 1.24. The number of aromatic nitrogens is 2. The Hall–Kier alpha value is -6.37. The zero-order chi connectivity index (χ0) is 31.7. The van der Waals surface area contributed by atoms with Gasteiger partial charge >= 0.3 is 0 Å². The van der Waals surface area contributed by atoms with Crippen LogP contribution in [0, 0.1) is 18.3 Å². The molecule has 7 aromatic carbocycles. The summed E-state index contributed by atoms with van der Waals surface area (Å²) < 4.78 is 0. The highest BCUT2D eigenvalue weighted by Gasteiger charge is 2.17. The third kappa shape index (κ3) is 5.03. The maximum atomic E-state index is 9.71. The number of hydrogen-bond donors (Lipinski definition) is 0. The van der Waals surface area contributed by atoms with E-state index in [1.54, 1.807) is 0 Å². The molecule has 0 spiro atoms. The van der Waals surface area contributed by atoms with Crippen LogP contribution in [-0.2, 0) is 0 Å². The van der Waals surface area contributed by atoms with Crippen LogP contribution in [0.15, 0.2) is 158 Å². The number of fused-ring (bicyclic) bond motifs is 2. The van der Waals surface area contributed by atoms with Crippen LogP contribution < -0.4 is 0 Å². The number of benzene rings is 7. The van der Waals surface area contributed by atoms with E-state index >= 15 is 0 Å². The molecule has 0 N–H and O–H groups in total. The molecule has 0 saturated heterocycles. The molecule has 3 heteroatoms. The predicted molar refractivity (Wildman–Crippen MR) is 194 cm³/mol. The molecule has 0 aliphatic heterocycles. The SMILES string of the molecule is Cc1c(-c2ccccc2)nc(-c2ccccc2)nc1-c1ccc(-c2ccc(-c3ccc(C#N)c4ccccc34)c3ccccc23)cc1. The van der Waals surface area contributed by atoms with Crippen molar-refractivity contribution in [1.29, 1.82) is 5.26 Å². The fraction of sp³-hybridized carbons (Fsp3) is 0.0227. The Morgan fingerprint density at radius 2 is 0.830 bits per heavy atom. The van der Waals surface area contributed by atoms with Gasteiger partial charge in [0.05, 0.1) is 23.0 Å². The molecule has 0 fully saturated rings. The molecule has 0 radical (unpaired) electrons. The number of rotatable bonds is 5. The number of nitrogens with zero attached hydrogens (tertiary/aromatic N) is 3. The molecule has 3 nitrogen and oxygen atoms in total. The Morgan fingerprint density at radius 3 is 1.43 bits per heavy atom. The zero-order valence-electron chi connectivity index (χ0n) is 25.9. The Kier molecular flexibility index (Phi) is 7.09. The summed E-state index contributed by atoms with van der Waals surface area (Å²) in [6.07, 6.45) is 0. The van der Waals surface area contributed by atoms with Gasteiger partial charge in [0.2, 0.25) is 0 Å². The van der Waals surface area contributed by atoms with Gasteiger partial charge < -0.3 is 0 Å². The smallest absolute Gasteiger partial charge is 0.160 e. The first-order chi connectivity index (χ1) is 23.2. The zero-order valence-corrected chi connectivity index (χ0v) is 25.9. The lowest BCUT2D eigenvalue weighted by atomic mass is 9.89. The van der Waals surface area contributed by atoms with Crippen molar-refractivity contribution in [2.45, 2.75) is 6.92 Å². The van der Waals surface area contributed by atoms with Gasteiger partial charge in [-0.25, -0.2) is 9.97 Å². The average molecular weight is 600 g/mol. The van der Waals surface area contributed by atoms with E-state index in [9.17, 15) is 5.26 Å². The van der Waals surface area contributed by atoms with Crippen LogP contribution in [0.2, 0.25) is 0 Å². The van der Waals surface area contributed by atoms with E-state index in [0.717, 1.165) is 61.1 Å². The topological polar surface area (TPSA) is 49.6 Å². The number of hydrogen-bond acceptors (Lipinski definition) is 3. The van der Waals surface area contributed by atoms with Crippen LogP contribution >= 0.6 is 0 Å². The predicted octanol–water partition coefficient (Wildman–Crippen LogP) is 11.3. The Morgan fingerprint density at radius 1 is 0.404 bits per heavy atom. The average Bonchev–Trinajstić information content (AvgIpc) is 3.15. The van der Waals surface area contributed by atoms with Gasteiger partial charge in [0.15, 0.2) is 5.82 Å². The molecule has 0 atom stereocenters. The van der Waals surface area contributed by atoms with Gasteiger partial charge in [0, 0.05) is 27.6 Å². The van der Waals surface area contributed by atoms with Crippen molar-refractivity contribution in [2.24, 2.45) is 0 Å². The summed E-state index contributed by atoms with van der Waals surface area (Å²) in [5.74, 6) is 0.714. The molecular weight excluding hydrogens is 571 g/mol. The van der Waals surface area contributed by atoms with Crippen LogP contribution in [0.3, 0.4) is 0 Å². The van der Waals surface area contributed by atoms with Crippen molar-refractivity contribution in [2.75, 3.05) is 0 Å². The first-order valence-electron chi connectivity index (χ1n) is 15.7. The van der Waals surface area contributed by atoms with Gasteiger partial charge in [-0.05, 0) is 51.4 Å². The van der Waals surface area contributed by atoms with Gasteiger partial charge in [-0.3, -0.25) is 0 Å². The summed E-state index contributed by atoms with van der Waals surface area (Å²) in [6.45, 7) is 2.11. The lowest BCUT2D eigenvalue weighted by molar-refractivity contribution is 1.15. The van der Waals surface area contributed by atoms with Crippen molar-refractivity contribution in [1.82, 2.24) is 9.97 Å². The second-order valence-corrected chi connectivity index (χ2v) is 11.7. The van der Waals surface area contributed by atoms with Gasteiger partial charge in [0.1, 0.15) is 0 Å². The third-order valence-corrected chi connectivity index (χ3v) is 8.95. The van der Waals surface area contributed by atoms with E-state index in [1.165, 1.54) is 16.3 Å². The monoisotopic (exact) mass is 599 g/mol. The lowest BCUT2D eigenvalue weighted by Crippen LogP contribution is -2.00. The van der Waals surface area contributed by atoms with Crippen molar-refractivity contribution >= 4 is 21.5 Å². The minimum absolute atomic E-state index is 0.691. The molecule has 8 rings (SSSR count). The Bertz CT molecular complexity index is 2460. The summed E-state index contributed by atoms with van der Waals surface area (Å²) in [6, 6.07) is 56.8. The van der Waals surface area contributed by atoms with Crippen molar-refractivity contribution < 1.29 is 0 Å². The molecule has 8 aromatic rings. The second-order valence-electron chi connectivity index (χ2n) is 11.7.